The minimum atomic E-state index is -4.49. The fourth-order valence-corrected chi connectivity index (χ4v) is 0.968. The molecule has 0 aromatic heterocycles. The number of hydrogen-bond donors (Lipinski definition) is 2. The van der Waals surface area contributed by atoms with Gasteiger partial charge in [-0.2, -0.15) is 4.89 Å². The maximum absolute atomic E-state index is 10.2. The molecule has 8 heteroatoms. The molecule has 1 unspecified atom stereocenters. The van der Waals surface area contributed by atoms with Gasteiger partial charge in [0.2, 0.25) is 6.29 Å². The molecule has 1 aliphatic rings. The molecule has 0 aliphatic carbocycles. The van der Waals surface area contributed by atoms with Crippen LogP contribution in [0.1, 0.15) is 6.42 Å². The Kier molecular flexibility index (Phi) is 2.97. The quantitative estimate of drug-likeness (QED) is 0.451. The fraction of sp³-hybridized carbons (Fsp3) is 1.00. The average Bonchev–Trinajstić information content (AvgIpc) is 1.85. The smallest absolute Gasteiger partial charge is 0.303 e. The summed E-state index contributed by atoms with van der Waals surface area (Å²) in [5, 5.41) is 3.96. The molecule has 0 bridgehead atoms. The highest BCUT2D eigenvalue weighted by molar-refractivity contribution is 7.46. The van der Waals surface area contributed by atoms with Crippen LogP contribution in [0, 0.1) is 0 Å². The van der Waals surface area contributed by atoms with Crippen molar-refractivity contribution in [2.45, 2.75) is 12.7 Å². The van der Waals surface area contributed by atoms with Crippen molar-refractivity contribution < 1.29 is 33.7 Å². The highest BCUT2D eigenvalue weighted by Crippen LogP contribution is 2.38. The topological polar surface area (TPSA) is 94.5 Å². The van der Waals surface area contributed by atoms with E-state index in [1.165, 1.54) is 0 Å². The van der Waals surface area contributed by atoms with Crippen LogP contribution in [0.2, 0.25) is 0 Å². The lowest BCUT2D eigenvalue weighted by atomic mass is 10.4. The standard InChI is InChI=1S/C3H7O7P/c4-11(5,6)9-3-1-2-7-10-8-3/h3H,1-2H2,(H2,4,5,6). The van der Waals surface area contributed by atoms with Crippen molar-refractivity contribution >= 4 is 7.82 Å². The van der Waals surface area contributed by atoms with Crippen molar-refractivity contribution in [1.29, 1.82) is 0 Å². The van der Waals surface area contributed by atoms with Crippen LogP contribution >= 0.6 is 7.82 Å². The summed E-state index contributed by atoms with van der Waals surface area (Å²) in [6.07, 6.45) is -0.852. The van der Waals surface area contributed by atoms with Gasteiger partial charge in [-0.3, -0.25) is 4.52 Å². The number of phosphoric acid groups is 1. The van der Waals surface area contributed by atoms with E-state index in [0.29, 0.717) is 0 Å². The Morgan fingerprint density at radius 1 is 1.55 bits per heavy atom. The molecule has 0 aromatic carbocycles. The van der Waals surface area contributed by atoms with E-state index in [9.17, 15) is 4.57 Å². The molecule has 1 saturated heterocycles. The highest BCUT2D eigenvalue weighted by atomic mass is 31.2. The summed E-state index contributed by atoms with van der Waals surface area (Å²) in [5.41, 5.74) is 0. The van der Waals surface area contributed by atoms with E-state index in [-0.39, 0.29) is 13.0 Å². The Bertz CT molecular complexity index is 157. The molecule has 1 heterocycles. The molecule has 7 nitrogen and oxygen atoms in total. The number of rotatable bonds is 2. The monoisotopic (exact) mass is 186 g/mol. The third-order valence-corrected chi connectivity index (χ3v) is 1.40. The van der Waals surface area contributed by atoms with E-state index in [1.807, 2.05) is 0 Å². The molecule has 0 aromatic rings. The second-order valence-corrected chi connectivity index (χ2v) is 2.99. The zero-order valence-corrected chi connectivity index (χ0v) is 6.27. The first-order valence-corrected chi connectivity index (χ1v) is 4.30. The third kappa shape index (κ3) is 3.78. The summed E-state index contributed by atoms with van der Waals surface area (Å²) in [5.74, 6) is 0. The van der Waals surface area contributed by atoms with Crippen molar-refractivity contribution in [1.82, 2.24) is 0 Å². The lowest BCUT2D eigenvalue weighted by Crippen LogP contribution is -2.23. The van der Waals surface area contributed by atoms with E-state index >= 15 is 0 Å². The van der Waals surface area contributed by atoms with Crippen LogP contribution in [0.3, 0.4) is 0 Å². The lowest BCUT2D eigenvalue weighted by molar-refractivity contribution is -0.566. The van der Waals surface area contributed by atoms with E-state index in [0.717, 1.165) is 0 Å². The van der Waals surface area contributed by atoms with Crippen LogP contribution in [0.25, 0.3) is 0 Å². The van der Waals surface area contributed by atoms with Gasteiger partial charge in [0.1, 0.15) is 0 Å². The second-order valence-electron chi connectivity index (χ2n) is 1.80. The number of hydrogen-bond acceptors (Lipinski definition) is 5. The molecule has 1 fully saturated rings. The summed E-state index contributed by atoms with van der Waals surface area (Å²) < 4.78 is 14.3. The third-order valence-electron chi connectivity index (χ3n) is 0.886. The Morgan fingerprint density at radius 3 is 2.73 bits per heavy atom. The Hall–Kier alpha value is -0.0100. The maximum atomic E-state index is 10.2. The minimum absolute atomic E-state index is 0.171. The summed E-state index contributed by atoms with van der Waals surface area (Å²) in [4.78, 5) is 25.0. The summed E-state index contributed by atoms with van der Waals surface area (Å²) in [6, 6.07) is 0. The molecule has 1 aliphatic heterocycles. The van der Waals surface area contributed by atoms with E-state index < -0.39 is 14.1 Å². The van der Waals surface area contributed by atoms with Gasteiger partial charge in [-0.25, -0.2) is 9.45 Å². The van der Waals surface area contributed by atoms with Crippen LogP contribution in [0.15, 0.2) is 0 Å². The summed E-state index contributed by atoms with van der Waals surface area (Å²) in [6.45, 7) is 0.171. The van der Waals surface area contributed by atoms with Crippen molar-refractivity contribution in [2.24, 2.45) is 0 Å². The van der Waals surface area contributed by atoms with E-state index in [4.69, 9.17) is 9.79 Å². The van der Waals surface area contributed by atoms with Gasteiger partial charge in [-0.1, -0.05) is 5.04 Å². The van der Waals surface area contributed by atoms with Crippen LogP contribution in [-0.4, -0.2) is 22.7 Å². The first-order valence-electron chi connectivity index (χ1n) is 2.77. The van der Waals surface area contributed by atoms with Gasteiger partial charge in [-0.15, -0.1) is 0 Å². The molecular weight excluding hydrogens is 179 g/mol. The Balaban J connectivity index is 2.30. The molecule has 0 amide bonds. The molecule has 11 heavy (non-hydrogen) atoms. The van der Waals surface area contributed by atoms with E-state index in [1.54, 1.807) is 0 Å². The second kappa shape index (κ2) is 3.59. The van der Waals surface area contributed by atoms with Crippen LogP contribution < -0.4 is 0 Å². The molecule has 0 spiro atoms. The Morgan fingerprint density at radius 2 is 2.27 bits per heavy atom. The molecule has 0 saturated carbocycles. The number of phosphoric ester groups is 1. The van der Waals surface area contributed by atoms with Gasteiger partial charge >= 0.3 is 7.82 Å². The van der Waals surface area contributed by atoms with Crippen LogP contribution in [0.4, 0.5) is 0 Å². The van der Waals surface area contributed by atoms with Gasteiger partial charge in [0, 0.05) is 6.42 Å². The lowest BCUT2D eigenvalue weighted by Gasteiger charge is -2.19. The molecule has 66 valence electrons. The minimum Gasteiger partial charge on any atom is -0.303 e. The first-order chi connectivity index (χ1) is 5.08. The molecular formula is C3H7O7P. The molecule has 2 N–H and O–H groups in total. The van der Waals surface area contributed by atoms with Gasteiger partial charge in [0.05, 0.1) is 6.61 Å². The largest absolute Gasteiger partial charge is 0.472 e. The maximum Gasteiger partial charge on any atom is 0.472 e. The summed E-state index contributed by atoms with van der Waals surface area (Å²) in [7, 11) is -4.49. The van der Waals surface area contributed by atoms with Gasteiger partial charge < -0.3 is 9.79 Å². The fourth-order valence-electron chi connectivity index (χ4n) is 0.521. The molecule has 1 rings (SSSR count). The molecule has 0 radical (unpaired) electrons. The van der Waals surface area contributed by atoms with Gasteiger partial charge in [0.25, 0.3) is 0 Å². The Labute approximate surface area is 61.9 Å². The van der Waals surface area contributed by atoms with E-state index in [2.05, 4.69) is 19.3 Å². The zero-order chi connectivity index (χ0) is 8.32. The SMILES string of the molecule is O=P(O)(O)OC1CCOOO1. The average molecular weight is 186 g/mol. The predicted molar refractivity (Wildman–Crippen MR) is 29.7 cm³/mol. The van der Waals surface area contributed by atoms with Crippen molar-refractivity contribution in [3.8, 4) is 0 Å². The van der Waals surface area contributed by atoms with Crippen molar-refractivity contribution in [3.63, 3.8) is 0 Å². The van der Waals surface area contributed by atoms with Crippen molar-refractivity contribution in [2.75, 3.05) is 6.61 Å². The van der Waals surface area contributed by atoms with Gasteiger partial charge in [-0.05, 0) is 0 Å². The normalized spacial score (nSPS) is 26.9. The summed E-state index contributed by atoms with van der Waals surface area (Å²) >= 11 is 0. The van der Waals surface area contributed by atoms with Crippen LogP contribution in [0.5, 0.6) is 0 Å². The highest BCUT2D eigenvalue weighted by Gasteiger charge is 2.26. The zero-order valence-electron chi connectivity index (χ0n) is 5.37. The van der Waals surface area contributed by atoms with Crippen LogP contribution in [-0.2, 0) is 23.9 Å². The molecule has 1 atom stereocenters. The van der Waals surface area contributed by atoms with Gasteiger partial charge in [0.15, 0.2) is 0 Å². The predicted octanol–water partition coefficient (Wildman–Crippen LogP) is -0.295. The first kappa shape index (κ1) is 9.08. The van der Waals surface area contributed by atoms with Crippen molar-refractivity contribution in [3.05, 3.63) is 0 Å².